The summed E-state index contributed by atoms with van der Waals surface area (Å²) in [5, 5.41) is 12.1. The second-order valence-corrected chi connectivity index (χ2v) is 9.49. The molecule has 2 heterocycles. The number of ether oxygens (including phenoxy) is 2. The smallest absolute Gasteiger partial charge is 0.407 e. The van der Waals surface area contributed by atoms with Crippen LogP contribution in [0.3, 0.4) is 0 Å². The number of rotatable bonds is 13. The van der Waals surface area contributed by atoms with Crippen LogP contribution in [0.5, 0.6) is 0 Å². The summed E-state index contributed by atoms with van der Waals surface area (Å²) in [6, 6.07) is 2.70. The number of carbonyl (C=O) groups excluding carboxylic acids is 1. The minimum atomic E-state index is -0.968. The molecule has 2 rings (SSSR count). The third-order valence-corrected chi connectivity index (χ3v) is 5.79. The second-order valence-electron chi connectivity index (χ2n) is 9.49. The topological polar surface area (TPSA) is 104 Å². The molecule has 1 aliphatic rings. The first-order valence-electron chi connectivity index (χ1n) is 11.8. The molecule has 1 saturated heterocycles. The van der Waals surface area contributed by atoms with Crippen LogP contribution in [0.2, 0.25) is 0 Å². The zero-order valence-electron chi connectivity index (χ0n) is 20.5. The molecule has 186 valence electrons. The summed E-state index contributed by atoms with van der Waals surface area (Å²) in [5.41, 5.74) is 2.00. The van der Waals surface area contributed by atoms with Crippen molar-refractivity contribution < 1.29 is 24.2 Å². The fourth-order valence-corrected chi connectivity index (χ4v) is 3.99. The Labute approximate surface area is 197 Å². The number of nitrogens with one attached hydrogen (secondary N) is 1. The van der Waals surface area contributed by atoms with Crippen molar-refractivity contribution in [1.82, 2.24) is 20.1 Å². The molecule has 1 fully saturated rings. The molecule has 0 radical (unpaired) electrons. The van der Waals surface area contributed by atoms with Gasteiger partial charge in [-0.05, 0) is 71.2 Å². The SMILES string of the molecule is CN1CCC[C@H]1c1cncc(CCCNC(=O)COCCOCCN(C(=O)O)C(C)(C)C)c1. The highest BCUT2D eigenvalue weighted by atomic mass is 16.5. The van der Waals surface area contributed by atoms with E-state index in [1.165, 1.54) is 28.9 Å². The molecule has 1 aromatic heterocycles. The standard InChI is InChI=1S/C24H40N4O5/c1-24(2,3)28(23(30)31)11-12-32-13-14-33-18-22(29)26-9-5-7-19-15-20(17-25-16-19)21-8-6-10-27(21)4/h15-17,21H,5-14,18H2,1-4H3,(H,26,29)(H,30,31)/t21-/m0/s1. The Hall–Kier alpha value is -2.23. The monoisotopic (exact) mass is 464 g/mol. The van der Waals surface area contributed by atoms with E-state index in [0.29, 0.717) is 19.2 Å². The fraction of sp³-hybridized carbons (Fsp3) is 0.708. The van der Waals surface area contributed by atoms with Gasteiger partial charge in [0.05, 0.1) is 19.8 Å². The first kappa shape index (κ1) is 27.0. The lowest BCUT2D eigenvalue weighted by molar-refractivity contribution is -0.126. The van der Waals surface area contributed by atoms with E-state index in [2.05, 4.69) is 28.3 Å². The van der Waals surface area contributed by atoms with Gasteiger partial charge in [-0.15, -0.1) is 0 Å². The zero-order chi connectivity index (χ0) is 24.3. The minimum absolute atomic E-state index is 0.0162. The highest BCUT2D eigenvalue weighted by molar-refractivity contribution is 5.77. The Bertz CT molecular complexity index is 753. The maximum Gasteiger partial charge on any atom is 0.407 e. The number of aryl methyl sites for hydroxylation is 1. The average molecular weight is 465 g/mol. The van der Waals surface area contributed by atoms with Crippen molar-refractivity contribution in [1.29, 1.82) is 0 Å². The predicted octanol–water partition coefficient (Wildman–Crippen LogP) is 2.71. The van der Waals surface area contributed by atoms with E-state index in [4.69, 9.17) is 9.47 Å². The van der Waals surface area contributed by atoms with Gasteiger partial charge < -0.3 is 24.8 Å². The van der Waals surface area contributed by atoms with Crippen molar-refractivity contribution in [3.8, 4) is 0 Å². The largest absolute Gasteiger partial charge is 0.465 e. The van der Waals surface area contributed by atoms with E-state index in [0.717, 1.165) is 19.4 Å². The number of likely N-dealkylation sites (tertiary alicyclic amines) is 1. The number of hydrogen-bond donors (Lipinski definition) is 2. The van der Waals surface area contributed by atoms with Gasteiger partial charge >= 0.3 is 6.09 Å². The molecule has 9 heteroatoms. The van der Waals surface area contributed by atoms with Gasteiger partial charge in [-0.2, -0.15) is 0 Å². The molecule has 2 N–H and O–H groups in total. The van der Waals surface area contributed by atoms with Gasteiger partial charge in [0.2, 0.25) is 5.91 Å². The van der Waals surface area contributed by atoms with Gasteiger partial charge in [-0.1, -0.05) is 6.07 Å². The van der Waals surface area contributed by atoms with Gasteiger partial charge in [0.15, 0.2) is 0 Å². The van der Waals surface area contributed by atoms with E-state index in [9.17, 15) is 14.7 Å². The third kappa shape index (κ3) is 9.65. The molecule has 33 heavy (non-hydrogen) atoms. The first-order valence-corrected chi connectivity index (χ1v) is 11.8. The van der Waals surface area contributed by atoms with Gasteiger partial charge in [0.1, 0.15) is 6.61 Å². The van der Waals surface area contributed by atoms with Crippen LogP contribution in [-0.2, 0) is 20.7 Å². The van der Waals surface area contributed by atoms with E-state index < -0.39 is 11.6 Å². The van der Waals surface area contributed by atoms with E-state index >= 15 is 0 Å². The second kappa shape index (κ2) is 13.5. The molecule has 0 aliphatic carbocycles. The van der Waals surface area contributed by atoms with Crippen LogP contribution >= 0.6 is 0 Å². The highest BCUT2D eigenvalue weighted by Crippen LogP contribution is 2.30. The highest BCUT2D eigenvalue weighted by Gasteiger charge is 2.25. The summed E-state index contributed by atoms with van der Waals surface area (Å²) in [5.74, 6) is -0.153. The predicted molar refractivity (Wildman–Crippen MR) is 126 cm³/mol. The van der Waals surface area contributed by atoms with Gasteiger partial charge in [0, 0.05) is 37.1 Å². The lowest BCUT2D eigenvalue weighted by Gasteiger charge is -2.32. The van der Waals surface area contributed by atoms with Crippen molar-refractivity contribution in [3.05, 3.63) is 29.6 Å². The lowest BCUT2D eigenvalue weighted by Crippen LogP contribution is -2.46. The Balaban J connectivity index is 1.52. The summed E-state index contributed by atoms with van der Waals surface area (Å²) in [6.45, 7) is 8.39. The summed E-state index contributed by atoms with van der Waals surface area (Å²) >= 11 is 0. The molecule has 0 unspecified atom stereocenters. The van der Waals surface area contributed by atoms with Crippen LogP contribution in [0.4, 0.5) is 4.79 Å². The molecule has 1 aromatic rings. The first-order chi connectivity index (χ1) is 15.7. The van der Waals surface area contributed by atoms with Gasteiger partial charge in [0.25, 0.3) is 0 Å². The molecule has 0 bridgehead atoms. The number of carboxylic acid groups (broad SMARTS) is 1. The Morgan fingerprint density at radius 1 is 1.24 bits per heavy atom. The molecule has 9 nitrogen and oxygen atoms in total. The molecule has 2 amide bonds. The maximum absolute atomic E-state index is 11.9. The van der Waals surface area contributed by atoms with Crippen LogP contribution in [0.15, 0.2) is 18.5 Å². The molecular formula is C24H40N4O5. The molecule has 1 atom stereocenters. The average Bonchev–Trinajstić information content (AvgIpc) is 3.18. The Morgan fingerprint density at radius 3 is 2.67 bits per heavy atom. The summed E-state index contributed by atoms with van der Waals surface area (Å²) < 4.78 is 10.8. The zero-order valence-corrected chi connectivity index (χ0v) is 20.5. The number of nitrogens with zero attached hydrogens (tertiary/aromatic N) is 3. The van der Waals surface area contributed by atoms with Gasteiger partial charge in [-0.25, -0.2) is 4.79 Å². The number of aromatic nitrogens is 1. The number of amides is 2. The Kier molecular flexibility index (Phi) is 11.0. The normalized spacial score (nSPS) is 16.7. The molecule has 0 spiro atoms. The van der Waals surface area contributed by atoms with E-state index in [1.807, 2.05) is 33.2 Å². The molecule has 1 aliphatic heterocycles. The van der Waals surface area contributed by atoms with Crippen LogP contribution < -0.4 is 5.32 Å². The van der Waals surface area contributed by atoms with Crippen LogP contribution in [0.1, 0.15) is 57.2 Å². The van der Waals surface area contributed by atoms with Crippen LogP contribution in [-0.4, -0.2) is 90.5 Å². The van der Waals surface area contributed by atoms with Crippen molar-refractivity contribution >= 4 is 12.0 Å². The maximum atomic E-state index is 11.9. The quantitative estimate of drug-likeness (QED) is 0.433. The Morgan fingerprint density at radius 2 is 2.00 bits per heavy atom. The lowest BCUT2D eigenvalue weighted by atomic mass is 10.0. The summed E-state index contributed by atoms with van der Waals surface area (Å²) in [6.07, 6.45) is 7.02. The summed E-state index contributed by atoms with van der Waals surface area (Å²) in [4.78, 5) is 31.3. The van der Waals surface area contributed by atoms with E-state index in [-0.39, 0.29) is 32.3 Å². The summed E-state index contributed by atoms with van der Waals surface area (Å²) in [7, 11) is 2.16. The minimum Gasteiger partial charge on any atom is -0.465 e. The van der Waals surface area contributed by atoms with Crippen molar-refractivity contribution in [2.75, 3.05) is 53.1 Å². The number of pyridine rings is 1. The third-order valence-electron chi connectivity index (χ3n) is 5.79. The number of hydrogen-bond acceptors (Lipinski definition) is 6. The fourth-order valence-electron chi connectivity index (χ4n) is 3.99. The van der Waals surface area contributed by atoms with Crippen molar-refractivity contribution in [3.63, 3.8) is 0 Å². The number of carbonyl (C=O) groups is 2. The van der Waals surface area contributed by atoms with Crippen molar-refractivity contribution in [2.24, 2.45) is 0 Å². The molecule has 0 aromatic carbocycles. The van der Waals surface area contributed by atoms with Gasteiger partial charge in [-0.3, -0.25) is 14.7 Å². The molecular weight excluding hydrogens is 424 g/mol. The van der Waals surface area contributed by atoms with Crippen molar-refractivity contribution in [2.45, 2.75) is 58.0 Å². The van der Waals surface area contributed by atoms with Crippen LogP contribution in [0, 0.1) is 0 Å². The van der Waals surface area contributed by atoms with Crippen LogP contribution in [0.25, 0.3) is 0 Å². The van der Waals surface area contributed by atoms with E-state index in [1.54, 1.807) is 0 Å². The molecule has 0 saturated carbocycles.